The number of nitrogens with zero attached hydrogens (tertiary/aromatic N) is 4. The van der Waals surface area contributed by atoms with Crippen LogP contribution in [0, 0.1) is 34.8 Å². The topological polar surface area (TPSA) is 349 Å². The Labute approximate surface area is 476 Å². The predicted octanol–water partition coefficient (Wildman–Crippen LogP) is 9.06. The van der Waals surface area contributed by atoms with Gasteiger partial charge in [-0.15, -0.1) is 13.2 Å². The largest absolute Gasteiger partial charge is 0.573 e. The molecule has 4 aromatic carbocycles. The molecule has 5 rings (SSSR count). The van der Waals surface area contributed by atoms with Crippen molar-refractivity contribution in [1.82, 2.24) is 19.4 Å². The van der Waals surface area contributed by atoms with Crippen molar-refractivity contribution in [2.24, 2.45) is 16.5 Å². The van der Waals surface area contributed by atoms with Crippen molar-refractivity contribution in [3.8, 4) is 5.75 Å². The first-order valence-electron chi connectivity index (χ1n) is 20.6. The number of amidine groups is 3. The summed E-state index contributed by atoms with van der Waals surface area (Å²) in [7, 11) is -3.45. The third kappa shape index (κ3) is 44.0. The molecule has 0 bridgehead atoms. The van der Waals surface area contributed by atoms with Gasteiger partial charge in [0.25, 0.3) is 0 Å². The molecule has 0 aliphatic rings. The van der Waals surface area contributed by atoms with E-state index in [0.717, 1.165) is 26.8 Å². The number of thioether (sulfide) groups is 4. The number of benzene rings is 4. The van der Waals surface area contributed by atoms with Crippen LogP contribution in [0.5, 0.6) is 5.75 Å². The van der Waals surface area contributed by atoms with E-state index in [2.05, 4.69) is 52.3 Å². The number of nitrogens with two attached hydrogens (primary N) is 2. The minimum atomic E-state index is -4.67. The standard InChI is InChI=1S/C19H18FN3O2S.C8H6BrF3O.C8H6FNO.C4H8N2OS.C2H3ClO2.2C2H6N2S.H2O4S/c1-13-3-5-14(6-4-13)12-23-18(26-2)21-17(24)22(19(23)25)11-15-7-9-16(20)10-8-15;9-5-6-1-3-7(4-2-6)13-8(10,11)12;9-8-3-1-7(2-4-8)5-10-6-11;1-3(7)6-4(5)8-2;3*1-5-2(3)4;1-5(2,3)4/h3-10H,11-12H2,1-2H3;1-4H,5H2;1-4H,5H2;1-2H3,(H2,5,6,7);1H3;2*1H3,(H3,3,4);(H2,1,2,3,4). The van der Waals surface area contributed by atoms with Gasteiger partial charge >= 0.3 is 33.6 Å². The second-order valence-electron chi connectivity index (χ2n) is 13.5. The molecule has 0 saturated heterocycles. The Morgan fingerprint density at radius 1 is 0.795 bits per heavy atom. The monoisotopic (exact) mass is 1280 g/mol. The summed E-state index contributed by atoms with van der Waals surface area (Å²) in [4.78, 5) is 61.8. The van der Waals surface area contributed by atoms with E-state index in [0.29, 0.717) is 22.6 Å². The molecule has 0 saturated carbocycles. The number of ether oxygens (including phenoxy) is 2. The van der Waals surface area contributed by atoms with Gasteiger partial charge in [0, 0.05) is 23.9 Å². The first kappa shape index (κ1) is 76.1. The molecule has 5 aromatic rings. The molecule has 10 N–H and O–H groups in total. The van der Waals surface area contributed by atoms with Gasteiger partial charge in [0.15, 0.2) is 20.7 Å². The van der Waals surface area contributed by atoms with E-state index >= 15 is 0 Å². The molecule has 33 heteroatoms. The van der Waals surface area contributed by atoms with E-state index < -0.39 is 33.6 Å². The van der Waals surface area contributed by atoms with Crippen LogP contribution in [0.15, 0.2) is 117 Å². The maximum atomic E-state index is 13.1. The van der Waals surface area contributed by atoms with E-state index in [-0.39, 0.29) is 51.9 Å². The zero-order valence-corrected chi connectivity index (χ0v) is 48.7. The summed E-state index contributed by atoms with van der Waals surface area (Å²) in [6.45, 7) is 4.02. The number of aliphatic imine (C=N–C) groups is 1. The number of carbonyl (C=O) groups is 2. The molecule has 21 nitrogen and oxygen atoms in total. The number of carbonyl (C=O) groups excluding carboxylic acids is 3. The summed E-state index contributed by atoms with van der Waals surface area (Å²) >= 11 is 12.7. The maximum Gasteiger partial charge on any atom is 0.573 e. The van der Waals surface area contributed by atoms with Crippen LogP contribution in [0.1, 0.15) is 34.7 Å². The van der Waals surface area contributed by atoms with Crippen LogP contribution in [0.25, 0.3) is 0 Å². The maximum absolute atomic E-state index is 13.1. The first-order chi connectivity index (χ1) is 36.3. The minimum Gasteiger partial charge on any atom is -0.457 e. The minimum absolute atomic E-state index is 0.0491. The number of rotatable bonds is 9. The molecular formula is C45H55BrClF5N10O11S5. The van der Waals surface area contributed by atoms with Crippen LogP contribution < -0.4 is 32.9 Å². The third-order valence-corrected chi connectivity index (χ3v) is 10.5. The molecule has 1 heterocycles. The summed E-state index contributed by atoms with van der Waals surface area (Å²) in [6.07, 6.45) is 3.84. The molecule has 0 atom stereocenters. The lowest BCUT2D eigenvalue weighted by atomic mass is 10.1. The summed E-state index contributed by atoms with van der Waals surface area (Å²) in [5.74, 6) is -1.04. The molecule has 0 aliphatic carbocycles. The average molecular weight is 1280 g/mol. The fraction of sp³-hybridized carbons (Fsp3) is 0.267. The van der Waals surface area contributed by atoms with E-state index in [1.165, 1.54) is 108 Å². The molecule has 1 amide bonds. The summed E-state index contributed by atoms with van der Waals surface area (Å²) in [5, 5.41) is 23.7. The lowest BCUT2D eigenvalue weighted by molar-refractivity contribution is -0.274. The van der Waals surface area contributed by atoms with Crippen LogP contribution >= 0.6 is 74.6 Å². The Kier molecular flexibility index (Phi) is 41.9. The number of hydrogen-bond donors (Lipinski definition) is 8. The Balaban J connectivity index is -0.000000916. The number of methoxy groups -OCH3 is 1. The van der Waals surface area contributed by atoms with Crippen molar-refractivity contribution in [3.05, 3.63) is 157 Å². The van der Waals surface area contributed by atoms with Gasteiger partial charge in [0.2, 0.25) is 12.0 Å². The van der Waals surface area contributed by atoms with Gasteiger partial charge in [0.05, 0.1) is 26.7 Å². The molecule has 0 fully saturated rings. The Morgan fingerprint density at radius 2 is 1.18 bits per heavy atom. The zero-order valence-electron chi connectivity index (χ0n) is 42.3. The summed E-state index contributed by atoms with van der Waals surface area (Å²) in [6, 6.07) is 25.0. The van der Waals surface area contributed by atoms with E-state index in [1.807, 2.05) is 31.2 Å². The normalized spacial score (nSPS) is 9.74. The van der Waals surface area contributed by atoms with Crippen LogP contribution in [-0.4, -0.2) is 103 Å². The van der Waals surface area contributed by atoms with E-state index in [4.69, 9.17) is 45.2 Å². The molecule has 430 valence electrons. The van der Waals surface area contributed by atoms with E-state index in [1.54, 1.807) is 61.4 Å². The fourth-order valence-electron chi connectivity index (χ4n) is 4.29. The second kappa shape index (κ2) is 42.9. The van der Waals surface area contributed by atoms with Gasteiger partial charge in [-0.25, -0.2) is 37.5 Å². The van der Waals surface area contributed by atoms with Gasteiger partial charge in [-0.2, -0.15) is 13.4 Å². The van der Waals surface area contributed by atoms with Gasteiger partial charge in [-0.1, -0.05) is 129 Å². The van der Waals surface area contributed by atoms with Crippen molar-refractivity contribution in [1.29, 1.82) is 16.2 Å². The zero-order chi connectivity index (χ0) is 60.6. The molecule has 0 spiro atoms. The molecule has 0 unspecified atom stereocenters. The van der Waals surface area contributed by atoms with Gasteiger partial charge in [-0.05, 0) is 90.6 Å². The number of amides is 1. The highest BCUT2D eigenvalue weighted by atomic mass is 79.9. The number of alkyl halides is 4. The first-order valence-corrected chi connectivity index (χ1v) is 28.4. The number of aryl methyl sites for hydroxylation is 1. The predicted molar refractivity (Wildman–Crippen MR) is 303 cm³/mol. The smallest absolute Gasteiger partial charge is 0.457 e. The van der Waals surface area contributed by atoms with Crippen LogP contribution in [0.2, 0.25) is 0 Å². The SMILES string of the molecule is COC(=O)Cl.CSC(=N)N.CSC(=N)N.CSC(=N)NC(C)=O.CSc1nc(=O)n(Cc2ccc(F)cc2)c(=O)n1Cc1ccc(C)cc1.FC(F)(F)Oc1ccc(CBr)cc1.O=C=NCc1ccc(F)cc1.O=S(=O)(O)O. The Hall–Kier alpha value is -6.09. The summed E-state index contributed by atoms with van der Waals surface area (Å²) < 4.78 is 102. The van der Waals surface area contributed by atoms with Crippen LogP contribution in [0.3, 0.4) is 0 Å². The highest BCUT2D eigenvalue weighted by molar-refractivity contribution is 9.08. The van der Waals surface area contributed by atoms with Crippen molar-refractivity contribution in [3.63, 3.8) is 0 Å². The lowest BCUT2D eigenvalue weighted by Crippen LogP contribution is -2.42. The molecular weight excluding hydrogens is 1230 g/mol. The van der Waals surface area contributed by atoms with E-state index in [9.17, 15) is 45.9 Å². The van der Waals surface area contributed by atoms with Crippen LogP contribution in [0.4, 0.5) is 26.7 Å². The lowest BCUT2D eigenvalue weighted by Gasteiger charge is -2.13. The molecule has 78 heavy (non-hydrogen) atoms. The molecule has 1 aromatic heterocycles. The number of aromatic nitrogens is 3. The summed E-state index contributed by atoms with van der Waals surface area (Å²) in [5.41, 5.74) is 12.3. The van der Waals surface area contributed by atoms with Crippen molar-refractivity contribution >= 4 is 118 Å². The van der Waals surface area contributed by atoms with Crippen LogP contribution in [-0.2, 0) is 49.7 Å². The quantitative estimate of drug-likeness (QED) is 0.00996. The molecule has 0 radical (unpaired) electrons. The Morgan fingerprint density at radius 3 is 1.50 bits per heavy atom. The van der Waals surface area contributed by atoms with Gasteiger partial charge in [-0.3, -0.25) is 34.7 Å². The number of isocyanates is 1. The second-order valence-corrected chi connectivity index (χ2v) is 18.6. The highest BCUT2D eigenvalue weighted by Gasteiger charge is 2.31. The Bertz CT molecular complexity index is 2850. The number of nitrogens with one attached hydrogen (secondary N) is 4. The van der Waals surface area contributed by atoms with Crippen molar-refractivity contribution in [2.75, 3.05) is 32.1 Å². The van der Waals surface area contributed by atoms with Crippen molar-refractivity contribution < 1.29 is 63.3 Å². The van der Waals surface area contributed by atoms with Gasteiger partial charge in [0.1, 0.15) is 17.4 Å². The molecule has 0 aliphatic heterocycles. The van der Waals surface area contributed by atoms with Gasteiger partial charge < -0.3 is 26.3 Å². The number of hydrogen-bond acceptors (Lipinski definition) is 18. The van der Waals surface area contributed by atoms with Crippen molar-refractivity contribution in [2.45, 2.75) is 50.3 Å². The highest BCUT2D eigenvalue weighted by Crippen LogP contribution is 2.23. The fourth-order valence-corrected chi connectivity index (χ4v) is 5.44. The number of halogens is 7. The third-order valence-electron chi connectivity index (χ3n) is 7.66. The average Bonchev–Trinajstić information content (AvgIpc) is 3.37.